The number of anilines is 2. The predicted octanol–water partition coefficient (Wildman–Crippen LogP) is 3.32. The highest BCUT2D eigenvalue weighted by atomic mass is 16.5. The van der Waals surface area contributed by atoms with Crippen molar-refractivity contribution in [2.24, 2.45) is 0 Å². The summed E-state index contributed by atoms with van der Waals surface area (Å²) in [5.41, 5.74) is 2.98. The van der Waals surface area contributed by atoms with Gasteiger partial charge in [0.2, 0.25) is 5.91 Å². The first-order valence-electron chi connectivity index (χ1n) is 7.14. The molecule has 0 spiro atoms. The number of ether oxygens (including phenoxy) is 1. The van der Waals surface area contributed by atoms with E-state index < -0.39 is 0 Å². The summed E-state index contributed by atoms with van der Waals surface area (Å²) in [4.78, 5) is 11.1. The molecule has 4 heteroatoms. The maximum Gasteiger partial charge on any atom is 0.221 e. The van der Waals surface area contributed by atoms with Crippen LogP contribution >= 0.6 is 0 Å². The number of hydrogen-bond donors (Lipinski definition) is 2. The van der Waals surface area contributed by atoms with E-state index in [0.29, 0.717) is 6.04 Å². The predicted molar refractivity (Wildman–Crippen MR) is 82.2 cm³/mol. The number of aryl methyl sites for hydroxylation is 1. The molecule has 1 atom stereocenters. The molecule has 0 aromatic heterocycles. The lowest BCUT2D eigenvalue weighted by atomic mass is 9.93. The average molecular weight is 276 g/mol. The van der Waals surface area contributed by atoms with E-state index in [1.54, 1.807) is 0 Å². The van der Waals surface area contributed by atoms with Crippen molar-refractivity contribution in [2.75, 3.05) is 17.2 Å². The van der Waals surface area contributed by atoms with Gasteiger partial charge in [-0.2, -0.15) is 0 Å². The number of amides is 1. The molecule has 1 aliphatic rings. The molecule has 0 bridgehead atoms. The Morgan fingerprint density at radius 1 is 1.40 bits per heavy atom. The Labute approximate surface area is 120 Å². The van der Waals surface area contributed by atoms with Crippen molar-refractivity contribution < 1.29 is 9.53 Å². The average Bonchev–Trinajstić information content (AvgIpc) is 2.31. The van der Waals surface area contributed by atoms with Crippen LogP contribution in [0.1, 0.15) is 39.2 Å². The van der Waals surface area contributed by atoms with Crippen LogP contribution in [-0.4, -0.2) is 24.2 Å². The van der Waals surface area contributed by atoms with Crippen LogP contribution in [-0.2, 0) is 9.53 Å². The molecule has 1 unspecified atom stereocenters. The standard InChI is InChI=1S/C16H24N2O2/c1-11-9-13(5-6-15(11)17-12(2)19)18-14-7-8-20-16(3,4)10-14/h5-6,9,14,18H,7-8,10H2,1-4H3,(H,17,19). The molecule has 110 valence electrons. The third-order valence-electron chi connectivity index (χ3n) is 3.60. The Kier molecular flexibility index (Phi) is 4.33. The first-order valence-corrected chi connectivity index (χ1v) is 7.14. The van der Waals surface area contributed by atoms with Gasteiger partial charge < -0.3 is 15.4 Å². The van der Waals surface area contributed by atoms with Gasteiger partial charge in [-0.05, 0) is 57.4 Å². The second kappa shape index (κ2) is 5.83. The number of hydrogen-bond acceptors (Lipinski definition) is 3. The molecule has 2 rings (SSSR count). The summed E-state index contributed by atoms with van der Waals surface area (Å²) in [6.45, 7) is 8.59. The fraction of sp³-hybridized carbons (Fsp3) is 0.562. The number of rotatable bonds is 3. The fourth-order valence-electron chi connectivity index (χ4n) is 2.67. The van der Waals surface area contributed by atoms with E-state index in [2.05, 4.69) is 30.5 Å². The third-order valence-corrected chi connectivity index (χ3v) is 3.60. The van der Waals surface area contributed by atoms with Gasteiger partial charge in [-0.15, -0.1) is 0 Å². The minimum atomic E-state index is -0.0545. The van der Waals surface area contributed by atoms with Crippen molar-refractivity contribution in [3.8, 4) is 0 Å². The minimum Gasteiger partial charge on any atom is -0.382 e. The molecule has 0 radical (unpaired) electrons. The zero-order valence-electron chi connectivity index (χ0n) is 12.7. The topological polar surface area (TPSA) is 50.4 Å². The monoisotopic (exact) mass is 276 g/mol. The molecule has 1 fully saturated rings. The first kappa shape index (κ1) is 14.9. The van der Waals surface area contributed by atoms with Crippen LogP contribution in [0.15, 0.2) is 18.2 Å². The summed E-state index contributed by atoms with van der Waals surface area (Å²) in [5, 5.41) is 6.40. The Bertz CT molecular complexity index is 497. The Hall–Kier alpha value is -1.55. The highest BCUT2D eigenvalue weighted by molar-refractivity contribution is 5.89. The zero-order chi connectivity index (χ0) is 14.8. The summed E-state index contributed by atoms with van der Waals surface area (Å²) in [6.07, 6.45) is 2.02. The van der Waals surface area contributed by atoms with E-state index in [0.717, 1.165) is 36.4 Å². The molecule has 1 aromatic carbocycles. The minimum absolute atomic E-state index is 0.0417. The van der Waals surface area contributed by atoms with Gasteiger partial charge in [-0.25, -0.2) is 0 Å². The van der Waals surface area contributed by atoms with Crippen molar-refractivity contribution in [1.82, 2.24) is 0 Å². The lowest BCUT2D eigenvalue weighted by molar-refractivity contribution is -0.114. The van der Waals surface area contributed by atoms with Crippen LogP contribution in [0.2, 0.25) is 0 Å². The van der Waals surface area contributed by atoms with Crippen molar-refractivity contribution in [2.45, 2.75) is 52.2 Å². The zero-order valence-corrected chi connectivity index (χ0v) is 12.7. The summed E-state index contributed by atoms with van der Waals surface area (Å²) in [6, 6.07) is 6.47. The highest BCUT2D eigenvalue weighted by Crippen LogP contribution is 2.27. The van der Waals surface area contributed by atoms with E-state index >= 15 is 0 Å². The smallest absolute Gasteiger partial charge is 0.221 e. The highest BCUT2D eigenvalue weighted by Gasteiger charge is 2.28. The second-order valence-electron chi connectivity index (χ2n) is 6.15. The summed E-state index contributed by atoms with van der Waals surface area (Å²) >= 11 is 0. The molecule has 1 aromatic rings. The summed E-state index contributed by atoms with van der Waals surface area (Å²) < 4.78 is 5.73. The van der Waals surface area contributed by atoms with Gasteiger partial charge >= 0.3 is 0 Å². The van der Waals surface area contributed by atoms with E-state index in [-0.39, 0.29) is 11.5 Å². The van der Waals surface area contributed by atoms with Crippen LogP contribution < -0.4 is 10.6 Å². The Morgan fingerprint density at radius 3 is 2.75 bits per heavy atom. The van der Waals surface area contributed by atoms with Gasteiger partial charge in [-0.3, -0.25) is 4.79 Å². The first-order chi connectivity index (χ1) is 9.35. The number of benzene rings is 1. The van der Waals surface area contributed by atoms with Crippen molar-refractivity contribution >= 4 is 17.3 Å². The van der Waals surface area contributed by atoms with Gasteiger partial charge in [0.05, 0.1) is 5.60 Å². The lowest BCUT2D eigenvalue weighted by Crippen LogP contribution is -2.40. The van der Waals surface area contributed by atoms with Crippen LogP contribution in [0.3, 0.4) is 0 Å². The van der Waals surface area contributed by atoms with Crippen LogP contribution in [0.25, 0.3) is 0 Å². The van der Waals surface area contributed by atoms with Crippen molar-refractivity contribution in [3.63, 3.8) is 0 Å². The second-order valence-corrected chi connectivity index (χ2v) is 6.15. The molecule has 1 amide bonds. The van der Waals surface area contributed by atoms with E-state index in [9.17, 15) is 4.79 Å². The normalized spacial score (nSPS) is 21.3. The van der Waals surface area contributed by atoms with Crippen LogP contribution in [0, 0.1) is 6.92 Å². The quantitative estimate of drug-likeness (QED) is 0.890. The van der Waals surface area contributed by atoms with Gasteiger partial charge in [0.1, 0.15) is 0 Å². The van der Waals surface area contributed by atoms with Crippen LogP contribution in [0.5, 0.6) is 0 Å². The molecule has 2 N–H and O–H groups in total. The Morgan fingerprint density at radius 2 is 2.15 bits per heavy atom. The molecule has 0 saturated carbocycles. The third kappa shape index (κ3) is 3.97. The van der Waals surface area contributed by atoms with Gasteiger partial charge in [0.15, 0.2) is 0 Å². The fourth-order valence-corrected chi connectivity index (χ4v) is 2.67. The number of nitrogens with one attached hydrogen (secondary N) is 2. The molecule has 1 heterocycles. The Balaban J connectivity index is 2.03. The van der Waals surface area contributed by atoms with Gasteiger partial charge in [0.25, 0.3) is 0 Å². The van der Waals surface area contributed by atoms with Crippen molar-refractivity contribution in [3.05, 3.63) is 23.8 Å². The molecule has 0 aliphatic carbocycles. The van der Waals surface area contributed by atoms with E-state index in [1.807, 2.05) is 19.1 Å². The molecular weight excluding hydrogens is 252 g/mol. The van der Waals surface area contributed by atoms with Gasteiger partial charge in [-0.1, -0.05) is 0 Å². The van der Waals surface area contributed by atoms with Crippen LogP contribution in [0.4, 0.5) is 11.4 Å². The number of carbonyl (C=O) groups is 1. The van der Waals surface area contributed by atoms with Crippen molar-refractivity contribution in [1.29, 1.82) is 0 Å². The molecule has 4 nitrogen and oxygen atoms in total. The van der Waals surface area contributed by atoms with E-state index in [4.69, 9.17) is 4.74 Å². The van der Waals surface area contributed by atoms with E-state index in [1.165, 1.54) is 6.92 Å². The summed E-state index contributed by atoms with van der Waals surface area (Å²) in [7, 11) is 0. The molecular formula is C16H24N2O2. The SMILES string of the molecule is CC(=O)Nc1ccc(NC2CCOC(C)(C)C2)cc1C. The van der Waals surface area contributed by atoms with Gasteiger partial charge in [0, 0.05) is 30.9 Å². The molecule has 1 aliphatic heterocycles. The lowest BCUT2D eigenvalue weighted by Gasteiger charge is -2.36. The summed E-state index contributed by atoms with van der Waals surface area (Å²) in [5.74, 6) is -0.0417. The molecule has 1 saturated heterocycles. The number of carbonyl (C=O) groups excluding carboxylic acids is 1. The maximum atomic E-state index is 11.1. The largest absolute Gasteiger partial charge is 0.382 e. The molecule has 20 heavy (non-hydrogen) atoms. The maximum absolute atomic E-state index is 11.1.